The molecule has 1 aromatic heterocycles. The molecule has 0 fully saturated rings. The molecule has 0 aliphatic carbocycles. The van der Waals surface area contributed by atoms with Crippen LogP contribution >= 0.6 is 27.7 Å². The molecule has 0 spiro atoms. The van der Waals surface area contributed by atoms with E-state index < -0.39 is 0 Å². The van der Waals surface area contributed by atoms with Crippen molar-refractivity contribution in [3.63, 3.8) is 0 Å². The molecule has 0 amide bonds. The van der Waals surface area contributed by atoms with Gasteiger partial charge < -0.3 is 4.42 Å². The van der Waals surface area contributed by atoms with Crippen molar-refractivity contribution in [2.24, 2.45) is 0 Å². The van der Waals surface area contributed by atoms with Gasteiger partial charge in [-0.15, -0.1) is 10.2 Å². The van der Waals surface area contributed by atoms with E-state index >= 15 is 0 Å². The molecule has 0 aliphatic rings. The Morgan fingerprint density at radius 3 is 2.74 bits per heavy atom. The average Bonchev–Trinajstić information content (AvgIpc) is 2.85. The first-order valence-electron chi connectivity index (χ1n) is 5.93. The topological polar surface area (TPSA) is 56.0 Å². The smallest absolute Gasteiger partial charge is 0.277 e. The maximum atomic E-state index is 11.9. The Bertz CT molecular complexity index is 554. The summed E-state index contributed by atoms with van der Waals surface area (Å²) in [7, 11) is 0. The molecule has 0 saturated carbocycles. The van der Waals surface area contributed by atoms with Gasteiger partial charge in [-0.05, 0) is 18.6 Å². The number of rotatable bonds is 6. The van der Waals surface area contributed by atoms with E-state index in [1.165, 1.54) is 11.8 Å². The van der Waals surface area contributed by atoms with E-state index in [2.05, 4.69) is 26.1 Å². The average molecular weight is 341 g/mol. The molecule has 0 N–H and O–H groups in total. The van der Waals surface area contributed by atoms with Crippen LogP contribution in [0.1, 0.15) is 29.6 Å². The summed E-state index contributed by atoms with van der Waals surface area (Å²) < 4.78 is 6.37. The third-order valence-electron chi connectivity index (χ3n) is 2.41. The monoisotopic (exact) mass is 340 g/mol. The minimum absolute atomic E-state index is 0.0488. The number of thioether (sulfide) groups is 1. The van der Waals surface area contributed by atoms with Crippen molar-refractivity contribution in [1.82, 2.24) is 10.2 Å². The van der Waals surface area contributed by atoms with Crippen molar-refractivity contribution in [2.45, 2.75) is 25.0 Å². The largest absolute Gasteiger partial charge is 0.416 e. The summed E-state index contributed by atoms with van der Waals surface area (Å²) in [5, 5.41) is 8.27. The molecule has 0 saturated heterocycles. The van der Waals surface area contributed by atoms with E-state index in [9.17, 15) is 4.79 Å². The number of hydrogen-bond acceptors (Lipinski definition) is 5. The van der Waals surface area contributed by atoms with Gasteiger partial charge in [0.25, 0.3) is 5.22 Å². The maximum Gasteiger partial charge on any atom is 0.277 e. The molecule has 0 aliphatic heterocycles. The Morgan fingerprint density at radius 2 is 2.05 bits per heavy atom. The zero-order valence-corrected chi connectivity index (χ0v) is 12.8. The lowest BCUT2D eigenvalue weighted by Crippen LogP contribution is -2.01. The molecule has 6 heteroatoms. The predicted molar refractivity (Wildman–Crippen MR) is 77.5 cm³/mol. The van der Waals surface area contributed by atoms with Gasteiger partial charge in [-0.25, -0.2) is 0 Å². The highest BCUT2D eigenvalue weighted by molar-refractivity contribution is 9.10. The Kier molecular flexibility index (Phi) is 5.15. The maximum absolute atomic E-state index is 11.9. The molecule has 0 unspecified atom stereocenters. The molecular formula is C13H13BrN2O2S. The Morgan fingerprint density at radius 1 is 1.32 bits per heavy atom. The number of benzene rings is 1. The van der Waals surface area contributed by atoms with Crippen molar-refractivity contribution in [2.75, 3.05) is 5.75 Å². The zero-order chi connectivity index (χ0) is 13.7. The van der Waals surface area contributed by atoms with Crippen molar-refractivity contribution >= 4 is 33.5 Å². The lowest BCUT2D eigenvalue weighted by Gasteiger charge is -1.98. The van der Waals surface area contributed by atoms with Crippen LogP contribution in [0.25, 0.3) is 0 Å². The van der Waals surface area contributed by atoms with E-state index in [4.69, 9.17) is 4.42 Å². The van der Waals surface area contributed by atoms with E-state index in [0.717, 1.165) is 17.3 Å². The Hall–Kier alpha value is -1.14. The number of nitrogens with zero attached hydrogens (tertiary/aromatic N) is 2. The lowest BCUT2D eigenvalue weighted by molar-refractivity contribution is 0.102. The number of ketones is 1. The molecule has 2 aromatic rings. The highest BCUT2D eigenvalue weighted by Gasteiger charge is 2.10. The minimum Gasteiger partial charge on any atom is -0.416 e. The highest BCUT2D eigenvalue weighted by atomic mass is 79.9. The molecular weight excluding hydrogens is 328 g/mol. The van der Waals surface area contributed by atoms with E-state index in [-0.39, 0.29) is 5.78 Å². The third kappa shape index (κ3) is 4.18. The number of carbonyl (C=O) groups excluding carboxylic acids is 1. The second-order valence-electron chi connectivity index (χ2n) is 3.93. The van der Waals surface area contributed by atoms with Crippen LogP contribution in [0, 0.1) is 0 Å². The van der Waals surface area contributed by atoms with Crippen molar-refractivity contribution in [1.29, 1.82) is 0 Å². The first-order valence-corrected chi connectivity index (χ1v) is 7.71. The minimum atomic E-state index is 0.0488. The number of Topliss-reactive ketones (excluding diaryl/α,β-unsaturated/α-hetero) is 1. The molecule has 2 rings (SSSR count). The number of carbonyl (C=O) groups is 1. The molecule has 0 atom stereocenters. The van der Waals surface area contributed by atoms with Gasteiger partial charge in [0.05, 0.1) is 5.75 Å². The van der Waals surface area contributed by atoms with Gasteiger partial charge in [0.2, 0.25) is 5.89 Å². The molecule has 1 heterocycles. The fourth-order valence-corrected chi connectivity index (χ4v) is 2.40. The van der Waals surface area contributed by atoms with E-state index in [1.807, 2.05) is 19.1 Å². The van der Waals surface area contributed by atoms with Crippen LogP contribution in [0.5, 0.6) is 0 Å². The summed E-state index contributed by atoms with van der Waals surface area (Å²) in [6, 6.07) is 7.29. The molecule has 0 bridgehead atoms. The van der Waals surface area contributed by atoms with Crippen molar-refractivity contribution < 1.29 is 9.21 Å². The van der Waals surface area contributed by atoms with Crippen LogP contribution in [0.4, 0.5) is 0 Å². The van der Waals surface area contributed by atoms with Gasteiger partial charge in [-0.2, -0.15) is 0 Å². The van der Waals surface area contributed by atoms with Gasteiger partial charge in [-0.1, -0.05) is 46.7 Å². The Labute approximate surface area is 124 Å². The second-order valence-corrected chi connectivity index (χ2v) is 5.77. The van der Waals surface area contributed by atoms with E-state index in [0.29, 0.717) is 22.4 Å². The molecule has 19 heavy (non-hydrogen) atoms. The summed E-state index contributed by atoms with van der Waals surface area (Å²) in [4.78, 5) is 11.9. The number of hydrogen-bond donors (Lipinski definition) is 0. The van der Waals surface area contributed by atoms with Crippen molar-refractivity contribution in [3.05, 3.63) is 40.2 Å². The third-order valence-corrected chi connectivity index (χ3v) is 3.75. The number of aromatic nitrogens is 2. The van der Waals surface area contributed by atoms with Crippen LogP contribution in [0.3, 0.4) is 0 Å². The van der Waals surface area contributed by atoms with Crippen LogP contribution in [0.15, 0.2) is 38.4 Å². The SMILES string of the molecule is CCCc1nnc(SCC(=O)c2ccc(Br)cc2)o1. The summed E-state index contributed by atoms with van der Waals surface area (Å²) in [5.74, 6) is 0.976. The fraction of sp³-hybridized carbons (Fsp3) is 0.308. The summed E-state index contributed by atoms with van der Waals surface area (Å²) in [5.41, 5.74) is 0.684. The van der Waals surface area contributed by atoms with Gasteiger partial charge in [0, 0.05) is 16.5 Å². The summed E-state index contributed by atoms with van der Waals surface area (Å²) >= 11 is 4.61. The Balaban J connectivity index is 1.90. The zero-order valence-electron chi connectivity index (χ0n) is 10.4. The summed E-state index contributed by atoms with van der Waals surface area (Å²) in [6.07, 6.45) is 1.73. The van der Waals surface area contributed by atoms with Crippen molar-refractivity contribution in [3.8, 4) is 0 Å². The molecule has 1 aromatic carbocycles. The van der Waals surface area contributed by atoms with Gasteiger partial charge in [0.15, 0.2) is 5.78 Å². The first kappa shape index (κ1) is 14.3. The first-order chi connectivity index (χ1) is 9.19. The van der Waals surface area contributed by atoms with Gasteiger partial charge >= 0.3 is 0 Å². The van der Waals surface area contributed by atoms with Crippen LogP contribution < -0.4 is 0 Å². The van der Waals surface area contributed by atoms with E-state index in [1.54, 1.807) is 12.1 Å². The van der Waals surface area contributed by atoms with Crippen LogP contribution in [0.2, 0.25) is 0 Å². The van der Waals surface area contributed by atoms with Crippen LogP contribution in [-0.4, -0.2) is 21.7 Å². The number of aryl methyl sites for hydroxylation is 1. The molecule has 0 radical (unpaired) electrons. The van der Waals surface area contributed by atoms with Gasteiger partial charge in [0.1, 0.15) is 0 Å². The van der Waals surface area contributed by atoms with Crippen LogP contribution in [-0.2, 0) is 6.42 Å². The quantitative estimate of drug-likeness (QED) is 0.591. The number of halogens is 1. The normalized spacial score (nSPS) is 10.6. The lowest BCUT2D eigenvalue weighted by atomic mass is 10.2. The summed E-state index contributed by atoms with van der Waals surface area (Å²) in [6.45, 7) is 2.05. The second kappa shape index (κ2) is 6.86. The predicted octanol–water partition coefficient (Wildman–Crippen LogP) is 3.76. The highest BCUT2D eigenvalue weighted by Crippen LogP contribution is 2.19. The standard InChI is InChI=1S/C13H13BrN2O2S/c1-2-3-12-15-16-13(18-12)19-8-11(17)9-4-6-10(14)7-5-9/h4-7H,2-3,8H2,1H3. The fourth-order valence-electron chi connectivity index (χ4n) is 1.46. The molecule has 100 valence electrons. The van der Waals surface area contributed by atoms with Gasteiger partial charge in [-0.3, -0.25) is 4.79 Å². The molecule has 4 nitrogen and oxygen atoms in total.